The molecule has 0 fully saturated rings. The first-order valence-corrected chi connectivity index (χ1v) is 7.39. The molecular weight excluding hydrogens is 312 g/mol. The van der Waals surface area contributed by atoms with Crippen LogP contribution in [-0.2, 0) is 18.8 Å². The van der Waals surface area contributed by atoms with Crippen LogP contribution in [0.3, 0.4) is 0 Å². The molecule has 2 aromatic heterocycles. The normalized spacial score (nSPS) is 11.2. The summed E-state index contributed by atoms with van der Waals surface area (Å²) in [5, 5.41) is 0.548. The van der Waals surface area contributed by atoms with Gasteiger partial charge in [0.05, 0.1) is 10.9 Å². The number of aromatic nitrogens is 3. The Hall–Kier alpha value is -1.65. The second kappa shape index (κ2) is 6.00. The monoisotopic (exact) mass is 323 g/mol. The molecule has 1 aromatic carbocycles. The number of rotatable bonds is 4. The van der Waals surface area contributed by atoms with E-state index in [0.717, 1.165) is 29.0 Å². The average molecular weight is 324 g/mol. The van der Waals surface area contributed by atoms with Crippen LogP contribution in [0.5, 0.6) is 0 Å². The van der Waals surface area contributed by atoms with Gasteiger partial charge in [-0.2, -0.15) is 0 Å². The van der Waals surface area contributed by atoms with Crippen LogP contribution in [0.4, 0.5) is 4.39 Å². The summed E-state index contributed by atoms with van der Waals surface area (Å²) in [6.07, 6.45) is 2.35. The molecular formula is C15H12Cl2FN3. The summed E-state index contributed by atoms with van der Waals surface area (Å²) in [7, 11) is 0. The summed E-state index contributed by atoms with van der Waals surface area (Å²) >= 11 is 11.9. The van der Waals surface area contributed by atoms with Crippen molar-refractivity contribution < 1.29 is 4.39 Å². The third kappa shape index (κ3) is 3.01. The summed E-state index contributed by atoms with van der Waals surface area (Å²) in [5.74, 6) is 0.824. The van der Waals surface area contributed by atoms with Gasteiger partial charge < -0.3 is 4.57 Å². The molecule has 0 aliphatic carbocycles. The van der Waals surface area contributed by atoms with Gasteiger partial charge in [-0.3, -0.25) is 0 Å². The highest BCUT2D eigenvalue weighted by atomic mass is 35.5. The van der Waals surface area contributed by atoms with Crippen LogP contribution in [0.25, 0.3) is 11.2 Å². The highest BCUT2D eigenvalue weighted by molar-refractivity contribution is 6.31. The number of aryl methyl sites for hydroxylation is 2. The van der Waals surface area contributed by atoms with Crippen molar-refractivity contribution in [3.05, 3.63) is 58.8 Å². The van der Waals surface area contributed by atoms with E-state index in [9.17, 15) is 4.39 Å². The number of hydrogen-bond donors (Lipinski definition) is 0. The van der Waals surface area contributed by atoms with Crippen LogP contribution in [-0.4, -0.2) is 14.5 Å². The Morgan fingerprint density at radius 2 is 1.95 bits per heavy atom. The van der Waals surface area contributed by atoms with E-state index in [1.54, 1.807) is 24.4 Å². The van der Waals surface area contributed by atoms with Crippen molar-refractivity contribution in [1.82, 2.24) is 14.5 Å². The maximum absolute atomic E-state index is 12.9. The Morgan fingerprint density at radius 3 is 2.67 bits per heavy atom. The molecule has 3 aromatic rings. The van der Waals surface area contributed by atoms with Crippen molar-refractivity contribution >= 4 is 34.4 Å². The largest absolute Gasteiger partial charge is 0.311 e. The number of alkyl halides is 1. The molecule has 21 heavy (non-hydrogen) atoms. The maximum Gasteiger partial charge on any atom is 0.160 e. The molecule has 0 aliphatic heterocycles. The first-order chi connectivity index (χ1) is 10.2. The Labute approximate surface area is 131 Å². The highest BCUT2D eigenvalue weighted by Crippen LogP contribution is 2.19. The second-order valence-electron chi connectivity index (χ2n) is 4.69. The van der Waals surface area contributed by atoms with Gasteiger partial charge in [0.25, 0.3) is 0 Å². The van der Waals surface area contributed by atoms with Crippen molar-refractivity contribution in [2.24, 2.45) is 0 Å². The highest BCUT2D eigenvalue weighted by Gasteiger charge is 2.11. The van der Waals surface area contributed by atoms with Crippen molar-refractivity contribution in [3.8, 4) is 0 Å². The van der Waals surface area contributed by atoms with Gasteiger partial charge in [-0.15, -0.1) is 11.6 Å². The summed E-state index contributed by atoms with van der Waals surface area (Å²) < 4.78 is 14.9. The van der Waals surface area contributed by atoms with Crippen molar-refractivity contribution in [2.45, 2.75) is 18.8 Å². The minimum Gasteiger partial charge on any atom is -0.311 e. The van der Waals surface area contributed by atoms with Crippen molar-refractivity contribution in [1.29, 1.82) is 0 Å². The fourth-order valence-corrected chi connectivity index (χ4v) is 2.62. The Bertz CT molecular complexity index is 768. The molecule has 0 spiro atoms. The molecule has 0 aliphatic rings. The van der Waals surface area contributed by atoms with E-state index in [0.29, 0.717) is 17.4 Å². The van der Waals surface area contributed by atoms with E-state index in [-0.39, 0.29) is 5.82 Å². The molecule has 0 bridgehead atoms. The number of hydrogen-bond acceptors (Lipinski definition) is 2. The quantitative estimate of drug-likeness (QED) is 0.673. The molecule has 3 nitrogen and oxygen atoms in total. The topological polar surface area (TPSA) is 30.7 Å². The zero-order valence-electron chi connectivity index (χ0n) is 11.1. The van der Waals surface area contributed by atoms with Gasteiger partial charge in [-0.25, -0.2) is 14.4 Å². The summed E-state index contributed by atoms with van der Waals surface area (Å²) in [6, 6.07) is 8.25. The summed E-state index contributed by atoms with van der Waals surface area (Å²) in [4.78, 5) is 8.77. The van der Waals surface area contributed by atoms with E-state index >= 15 is 0 Å². The molecule has 0 amide bonds. The molecule has 6 heteroatoms. The molecule has 0 radical (unpaired) electrons. The van der Waals surface area contributed by atoms with Crippen molar-refractivity contribution in [2.75, 3.05) is 0 Å². The minimum atomic E-state index is -0.232. The standard InChI is InChI=1S/C15H12Cl2FN3/c16-8-14-20-13-7-11(17)9-19-15(13)21(14)6-5-10-1-3-12(18)4-2-10/h1-4,7,9H,5-6,8H2. The molecule has 0 N–H and O–H groups in total. The van der Waals surface area contributed by atoms with Crippen molar-refractivity contribution in [3.63, 3.8) is 0 Å². The van der Waals surface area contributed by atoms with E-state index in [1.807, 2.05) is 4.57 Å². The van der Waals surface area contributed by atoms with Gasteiger partial charge in [0, 0.05) is 12.7 Å². The van der Waals surface area contributed by atoms with Gasteiger partial charge in [-0.05, 0) is 30.2 Å². The molecule has 0 unspecified atom stereocenters. The number of pyridine rings is 1. The van der Waals surface area contributed by atoms with Crippen LogP contribution in [0, 0.1) is 5.82 Å². The number of fused-ring (bicyclic) bond motifs is 1. The van der Waals surface area contributed by atoms with Crippen LogP contribution >= 0.6 is 23.2 Å². The lowest BCUT2D eigenvalue weighted by Gasteiger charge is -2.07. The predicted octanol–water partition coefficient (Wildman–Crippen LogP) is 4.21. The number of halogens is 3. The van der Waals surface area contributed by atoms with E-state index in [2.05, 4.69) is 9.97 Å². The number of benzene rings is 1. The molecule has 0 saturated carbocycles. The average Bonchev–Trinajstić information content (AvgIpc) is 2.83. The second-order valence-corrected chi connectivity index (χ2v) is 5.39. The lowest BCUT2D eigenvalue weighted by atomic mass is 10.1. The van der Waals surface area contributed by atoms with E-state index in [4.69, 9.17) is 23.2 Å². The third-order valence-electron chi connectivity index (χ3n) is 3.29. The molecule has 0 saturated heterocycles. The molecule has 108 valence electrons. The third-order valence-corrected chi connectivity index (χ3v) is 3.73. The van der Waals surface area contributed by atoms with Gasteiger partial charge in [0.15, 0.2) is 5.65 Å². The zero-order chi connectivity index (χ0) is 14.8. The minimum absolute atomic E-state index is 0.232. The maximum atomic E-state index is 12.9. The van der Waals surface area contributed by atoms with Gasteiger partial charge in [0.1, 0.15) is 17.2 Å². The molecule has 0 atom stereocenters. The fourth-order valence-electron chi connectivity index (χ4n) is 2.26. The van der Waals surface area contributed by atoms with Gasteiger partial charge >= 0.3 is 0 Å². The predicted molar refractivity (Wildman–Crippen MR) is 82.2 cm³/mol. The fraction of sp³-hybridized carbons (Fsp3) is 0.200. The van der Waals surface area contributed by atoms with E-state index in [1.165, 1.54) is 12.1 Å². The van der Waals surface area contributed by atoms with Crippen LogP contribution < -0.4 is 0 Å². The van der Waals surface area contributed by atoms with E-state index < -0.39 is 0 Å². The van der Waals surface area contributed by atoms with Gasteiger partial charge in [-0.1, -0.05) is 23.7 Å². The Kier molecular flexibility index (Phi) is 4.08. The van der Waals surface area contributed by atoms with Crippen LogP contribution in [0.2, 0.25) is 5.02 Å². The summed E-state index contributed by atoms with van der Waals surface area (Å²) in [5.41, 5.74) is 2.54. The summed E-state index contributed by atoms with van der Waals surface area (Å²) in [6.45, 7) is 0.679. The zero-order valence-corrected chi connectivity index (χ0v) is 12.6. The smallest absolute Gasteiger partial charge is 0.160 e. The number of nitrogens with zero attached hydrogens (tertiary/aromatic N) is 3. The number of imidazole rings is 1. The van der Waals surface area contributed by atoms with Crippen LogP contribution in [0.1, 0.15) is 11.4 Å². The Morgan fingerprint density at radius 1 is 1.19 bits per heavy atom. The Balaban J connectivity index is 1.90. The van der Waals surface area contributed by atoms with Gasteiger partial charge in [0.2, 0.25) is 0 Å². The lowest BCUT2D eigenvalue weighted by Crippen LogP contribution is -2.06. The SMILES string of the molecule is Fc1ccc(CCn2c(CCl)nc3cc(Cl)cnc32)cc1. The lowest BCUT2D eigenvalue weighted by molar-refractivity contribution is 0.625. The first-order valence-electron chi connectivity index (χ1n) is 6.48. The van der Waals surface area contributed by atoms with Crippen LogP contribution in [0.15, 0.2) is 36.5 Å². The first kappa shape index (κ1) is 14.3. The molecule has 2 heterocycles. The molecule has 3 rings (SSSR count).